The molecule has 2 aliphatic heterocycles. The minimum atomic E-state index is 0. The molecule has 0 unspecified atom stereocenters. The summed E-state index contributed by atoms with van der Waals surface area (Å²) < 4.78 is 14.1. The van der Waals surface area contributed by atoms with Crippen LogP contribution in [0.15, 0.2) is 41.8 Å². The maximum Gasteiger partial charge on any atom is 1.00 e. The van der Waals surface area contributed by atoms with Crippen molar-refractivity contribution < 1.29 is 63.7 Å². The van der Waals surface area contributed by atoms with Crippen molar-refractivity contribution in [3.8, 4) is 11.5 Å². The molecule has 4 heterocycles. The molecule has 6 rings (SSSR count). The van der Waals surface area contributed by atoms with Crippen molar-refractivity contribution in [2.75, 3.05) is 13.2 Å². The molecule has 10 heteroatoms. The zero-order valence-corrected chi connectivity index (χ0v) is 23.1. The topological polar surface area (TPSA) is 117 Å². The summed E-state index contributed by atoms with van der Waals surface area (Å²) in [5.74, 6) is 2.28. The van der Waals surface area contributed by atoms with Gasteiger partial charge < -0.3 is 14.9 Å². The van der Waals surface area contributed by atoms with Crippen LogP contribution in [0.3, 0.4) is 0 Å². The van der Waals surface area contributed by atoms with E-state index >= 15 is 0 Å². The van der Waals surface area contributed by atoms with E-state index in [1.165, 1.54) is 49.0 Å². The summed E-state index contributed by atoms with van der Waals surface area (Å²) in [7, 11) is 0. The molecule has 2 aromatic heterocycles. The van der Waals surface area contributed by atoms with Crippen LogP contribution in [0.2, 0.25) is 0 Å². The molecule has 36 heavy (non-hydrogen) atoms. The SMILES string of the molecule is C.Cc1cc2ccc3c(c2s1)OCCC3.O=C=O.O=C=O.[Na+].[OH-].c1cc2ccc3c(c2s1)OCCC3. The Morgan fingerprint density at radius 1 is 0.778 bits per heavy atom. The summed E-state index contributed by atoms with van der Waals surface area (Å²) in [6.07, 6.45) is 5.15. The Bertz CT molecular complexity index is 1290. The third-order valence-electron chi connectivity index (χ3n) is 5.18. The van der Waals surface area contributed by atoms with Crippen molar-refractivity contribution in [1.82, 2.24) is 0 Å². The molecule has 0 amide bonds. The molecule has 0 saturated heterocycles. The molecular formula is C26H27NaO7S2. The van der Waals surface area contributed by atoms with Gasteiger partial charge in [-0.25, -0.2) is 0 Å². The van der Waals surface area contributed by atoms with Crippen molar-refractivity contribution >= 4 is 55.1 Å². The summed E-state index contributed by atoms with van der Waals surface area (Å²) >= 11 is 3.62. The molecule has 2 aliphatic rings. The molecule has 0 saturated carbocycles. The molecule has 7 nitrogen and oxygen atoms in total. The van der Waals surface area contributed by atoms with Crippen LogP contribution in [0.4, 0.5) is 0 Å². The van der Waals surface area contributed by atoms with Crippen molar-refractivity contribution in [2.24, 2.45) is 0 Å². The predicted molar refractivity (Wildman–Crippen MR) is 135 cm³/mol. The zero-order valence-electron chi connectivity index (χ0n) is 19.5. The second-order valence-corrected chi connectivity index (χ2v) is 9.47. The Hall–Kier alpha value is -2.32. The van der Waals surface area contributed by atoms with Gasteiger partial charge in [0.2, 0.25) is 0 Å². The van der Waals surface area contributed by atoms with Crippen molar-refractivity contribution in [2.45, 2.75) is 40.0 Å². The number of ether oxygens (including phenoxy) is 2. The van der Waals surface area contributed by atoms with Crippen molar-refractivity contribution in [3.63, 3.8) is 0 Å². The van der Waals surface area contributed by atoms with Gasteiger partial charge in [-0.2, -0.15) is 19.2 Å². The van der Waals surface area contributed by atoms with E-state index in [1.807, 2.05) is 11.3 Å². The van der Waals surface area contributed by atoms with E-state index in [4.69, 9.17) is 28.7 Å². The van der Waals surface area contributed by atoms with Gasteiger partial charge in [0.15, 0.2) is 0 Å². The molecule has 4 aromatic rings. The van der Waals surface area contributed by atoms with Crippen LogP contribution in [-0.4, -0.2) is 31.0 Å². The smallest absolute Gasteiger partial charge is 0.870 e. The molecule has 0 atom stereocenters. The van der Waals surface area contributed by atoms with Crippen LogP contribution in [0, 0.1) is 6.92 Å². The number of hydrogen-bond donors (Lipinski definition) is 0. The first-order valence-electron chi connectivity index (χ1n) is 10.4. The Balaban J connectivity index is 0.000000525. The van der Waals surface area contributed by atoms with Crippen LogP contribution in [0.1, 0.15) is 36.3 Å². The summed E-state index contributed by atoms with van der Waals surface area (Å²) in [5.41, 5.74) is 2.76. The van der Waals surface area contributed by atoms with E-state index in [0.717, 1.165) is 37.6 Å². The molecule has 0 bridgehead atoms. The first-order valence-corrected chi connectivity index (χ1v) is 12.1. The molecule has 0 fully saturated rings. The largest absolute Gasteiger partial charge is 1.00 e. The fourth-order valence-electron chi connectivity index (χ4n) is 3.88. The maximum atomic E-state index is 8.12. The van der Waals surface area contributed by atoms with E-state index in [1.54, 1.807) is 11.3 Å². The van der Waals surface area contributed by atoms with Crippen LogP contribution >= 0.6 is 22.7 Å². The van der Waals surface area contributed by atoms with Gasteiger partial charge in [-0.05, 0) is 72.0 Å². The second kappa shape index (κ2) is 17.2. The first-order chi connectivity index (χ1) is 16.1. The quantitative estimate of drug-likeness (QED) is 0.316. The van der Waals surface area contributed by atoms with Crippen molar-refractivity contribution in [3.05, 3.63) is 57.8 Å². The third kappa shape index (κ3) is 8.37. The Labute approximate surface area is 240 Å². The third-order valence-corrected chi connectivity index (χ3v) is 7.17. The minimum Gasteiger partial charge on any atom is -0.870 e. The number of fused-ring (bicyclic) bond motifs is 6. The van der Waals surface area contributed by atoms with Gasteiger partial charge in [-0.3, -0.25) is 0 Å². The Morgan fingerprint density at radius 3 is 1.83 bits per heavy atom. The van der Waals surface area contributed by atoms with E-state index in [0.29, 0.717) is 0 Å². The Morgan fingerprint density at radius 2 is 1.28 bits per heavy atom. The number of rotatable bonds is 0. The van der Waals surface area contributed by atoms with Crippen LogP contribution < -0.4 is 39.0 Å². The molecule has 0 spiro atoms. The maximum absolute atomic E-state index is 8.12. The zero-order chi connectivity index (χ0) is 23.6. The number of aryl methyl sites for hydroxylation is 3. The average molecular weight is 539 g/mol. The molecule has 1 N–H and O–H groups in total. The fourth-order valence-corrected chi connectivity index (χ4v) is 5.83. The van der Waals surface area contributed by atoms with Gasteiger partial charge in [0, 0.05) is 4.88 Å². The normalized spacial score (nSPS) is 11.9. The van der Waals surface area contributed by atoms with Crippen molar-refractivity contribution in [1.29, 1.82) is 0 Å². The standard InChI is InChI=1S/C12H12OS.C11H10OS.2CO2.CH4.Na.H2O/c1-8-7-10-5-4-9-3-2-6-13-11(9)12(10)14-8;1-2-8-3-4-9-5-7-13-11(9)10(8)12-6-1;2*2-1-3;;;/h4-5,7H,2-3,6H2,1H3;3-5,7H,1-2,6H2;;;1H4;;1H2/q;;;;;+1;/p-1. The molecular weight excluding hydrogens is 511 g/mol. The monoisotopic (exact) mass is 538 g/mol. The molecule has 0 radical (unpaired) electrons. The number of carbonyl (C=O) groups excluding carboxylic acids is 4. The average Bonchev–Trinajstić information content (AvgIpc) is 3.47. The van der Waals surface area contributed by atoms with E-state index in [-0.39, 0.29) is 54.8 Å². The van der Waals surface area contributed by atoms with Gasteiger partial charge in [-0.15, -0.1) is 22.7 Å². The molecule has 186 valence electrons. The van der Waals surface area contributed by atoms with Gasteiger partial charge in [0.25, 0.3) is 0 Å². The number of benzene rings is 2. The molecule has 2 aromatic carbocycles. The molecule has 0 aliphatic carbocycles. The summed E-state index contributed by atoms with van der Waals surface area (Å²) in [6, 6.07) is 13.2. The summed E-state index contributed by atoms with van der Waals surface area (Å²) in [4.78, 5) is 33.9. The van der Waals surface area contributed by atoms with Crippen LogP contribution in [-0.2, 0) is 32.0 Å². The van der Waals surface area contributed by atoms with E-state index in [2.05, 4.69) is 48.7 Å². The predicted octanol–water partition coefficient (Wildman–Crippen LogP) is 3.06. The summed E-state index contributed by atoms with van der Waals surface area (Å²) in [5, 5.41) is 4.77. The van der Waals surface area contributed by atoms with Crippen LogP contribution in [0.25, 0.3) is 20.2 Å². The van der Waals surface area contributed by atoms with E-state index in [9.17, 15) is 0 Å². The van der Waals surface area contributed by atoms with Gasteiger partial charge >= 0.3 is 41.9 Å². The van der Waals surface area contributed by atoms with Gasteiger partial charge in [0.1, 0.15) is 11.5 Å². The fraction of sp³-hybridized carbons (Fsp3) is 0.308. The van der Waals surface area contributed by atoms with Crippen LogP contribution in [0.5, 0.6) is 11.5 Å². The van der Waals surface area contributed by atoms with Gasteiger partial charge in [0.05, 0.1) is 22.6 Å². The Kier molecular flexibility index (Phi) is 16.1. The summed E-state index contributed by atoms with van der Waals surface area (Å²) in [6.45, 7) is 3.91. The number of hydrogen-bond acceptors (Lipinski definition) is 9. The number of thiophene rings is 2. The van der Waals surface area contributed by atoms with E-state index < -0.39 is 0 Å². The second-order valence-electron chi connectivity index (χ2n) is 7.29. The first kappa shape index (κ1) is 33.7. The van der Waals surface area contributed by atoms with Gasteiger partial charge in [-0.1, -0.05) is 31.7 Å². The minimum absolute atomic E-state index is 0.